The molecule has 2 aliphatic rings. The number of hydrogen-bond acceptors (Lipinski definition) is 5. The standard InChI is InChI=1S/C20H27ClN4O3/c1-23(2)14-20(17(26)13-18(27)22-20)7-6-19(28)25-10-8-24(9-11-25)16-5-3-4-15(21)12-16/h3-5,12H,6-11,13-14H2,1-2H3,(H,22,27). The van der Waals surface area contributed by atoms with Crippen LogP contribution in [-0.4, -0.2) is 79.8 Å². The van der Waals surface area contributed by atoms with E-state index in [-0.39, 0.29) is 30.4 Å². The van der Waals surface area contributed by atoms with Gasteiger partial charge >= 0.3 is 0 Å². The van der Waals surface area contributed by atoms with Crippen molar-refractivity contribution in [3.63, 3.8) is 0 Å². The van der Waals surface area contributed by atoms with Crippen LogP contribution < -0.4 is 10.2 Å². The average Bonchev–Trinajstić information content (AvgIpc) is 2.92. The van der Waals surface area contributed by atoms with Gasteiger partial charge < -0.3 is 20.0 Å². The number of hydrogen-bond donors (Lipinski definition) is 1. The summed E-state index contributed by atoms with van der Waals surface area (Å²) in [6.07, 6.45) is 0.487. The third-order valence-electron chi connectivity index (χ3n) is 5.39. The normalized spacial score (nSPS) is 22.7. The van der Waals surface area contributed by atoms with Crippen molar-refractivity contribution in [1.82, 2.24) is 15.1 Å². The largest absolute Gasteiger partial charge is 0.368 e. The van der Waals surface area contributed by atoms with E-state index in [1.54, 1.807) is 0 Å². The van der Waals surface area contributed by atoms with Crippen LogP contribution in [0.5, 0.6) is 0 Å². The molecule has 7 nitrogen and oxygen atoms in total. The molecule has 0 radical (unpaired) electrons. The summed E-state index contributed by atoms with van der Waals surface area (Å²) in [5.41, 5.74) is 0.113. The molecule has 2 amide bonds. The van der Waals surface area contributed by atoms with Crippen molar-refractivity contribution in [1.29, 1.82) is 0 Å². The van der Waals surface area contributed by atoms with E-state index in [9.17, 15) is 14.4 Å². The topological polar surface area (TPSA) is 73.0 Å². The van der Waals surface area contributed by atoms with Crippen molar-refractivity contribution in [2.45, 2.75) is 24.8 Å². The zero-order valence-corrected chi connectivity index (χ0v) is 17.2. The molecule has 0 saturated carbocycles. The van der Waals surface area contributed by atoms with Crippen LogP contribution in [0.2, 0.25) is 5.02 Å². The number of anilines is 1. The van der Waals surface area contributed by atoms with Crippen molar-refractivity contribution in [3.05, 3.63) is 29.3 Å². The zero-order valence-electron chi connectivity index (χ0n) is 16.4. The Labute approximate surface area is 170 Å². The van der Waals surface area contributed by atoms with E-state index < -0.39 is 5.54 Å². The third kappa shape index (κ3) is 4.64. The second kappa shape index (κ2) is 8.49. The van der Waals surface area contributed by atoms with Gasteiger partial charge in [-0.05, 0) is 38.7 Å². The van der Waals surface area contributed by atoms with Crippen LogP contribution in [0.25, 0.3) is 0 Å². The molecular weight excluding hydrogens is 380 g/mol. The molecule has 1 aromatic rings. The molecule has 1 atom stereocenters. The van der Waals surface area contributed by atoms with Crippen molar-refractivity contribution in [2.24, 2.45) is 0 Å². The van der Waals surface area contributed by atoms with E-state index in [0.717, 1.165) is 18.8 Å². The SMILES string of the molecule is CN(C)CC1(CCC(=O)N2CCN(c3cccc(Cl)c3)CC2)NC(=O)CC1=O. The number of carbonyl (C=O) groups excluding carboxylic acids is 3. The molecule has 2 heterocycles. The Balaban J connectivity index is 1.55. The van der Waals surface area contributed by atoms with Gasteiger partial charge in [-0.1, -0.05) is 17.7 Å². The molecule has 152 valence electrons. The summed E-state index contributed by atoms with van der Waals surface area (Å²) < 4.78 is 0. The van der Waals surface area contributed by atoms with Gasteiger partial charge in [0, 0.05) is 49.9 Å². The van der Waals surface area contributed by atoms with Crippen molar-refractivity contribution >= 4 is 34.9 Å². The molecule has 1 unspecified atom stereocenters. The zero-order chi connectivity index (χ0) is 20.3. The highest BCUT2D eigenvalue weighted by Crippen LogP contribution is 2.25. The first-order valence-electron chi connectivity index (χ1n) is 9.56. The first kappa shape index (κ1) is 20.6. The lowest BCUT2D eigenvalue weighted by Gasteiger charge is -2.37. The predicted molar refractivity (Wildman–Crippen MR) is 109 cm³/mol. The van der Waals surface area contributed by atoms with Crippen LogP contribution in [0.1, 0.15) is 19.3 Å². The van der Waals surface area contributed by atoms with Crippen LogP contribution in [-0.2, 0) is 14.4 Å². The van der Waals surface area contributed by atoms with Gasteiger partial charge in [0.1, 0.15) is 5.54 Å². The lowest BCUT2D eigenvalue weighted by atomic mass is 9.89. The Morgan fingerprint density at radius 2 is 1.93 bits per heavy atom. The summed E-state index contributed by atoms with van der Waals surface area (Å²) >= 11 is 6.07. The lowest BCUT2D eigenvalue weighted by Crippen LogP contribution is -2.54. The number of likely N-dealkylation sites (N-methyl/N-ethyl adjacent to an activating group) is 1. The summed E-state index contributed by atoms with van der Waals surface area (Å²) in [5, 5.41) is 3.52. The number of nitrogens with zero attached hydrogens (tertiary/aromatic N) is 3. The smallest absolute Gasteiger partial charge is 0.228 e. The molecule has 8 heteroatoms. The predicted octanol–water partition coefficient (Wildman–Crippen LogP) is 1.16. The van der Waals surface area contributed by atoms with Gasteiger partial charge in [-0.15, -0.1) is 0 Å². The molecular formula is C20H27ClN4O3. The van der Waals surface area contributed by atoms with Gasteiger partial charge in [-0.2, -0.15) is 0 Å². The van der Waals surface area contributed by atoms with Crippen LogP contribution in [0, 0.1) is 0 Å². The molecule has 28 heavy (non-hydrogen) atoms. The van der Waals surface area contributed by atoms with Crippen LogP contribution >= 0.6 is 11.6 Å². The van der Waals surface area contributed by atoms with E-state index >= 15 is 0 Å². The molecule has 2 saturated heterocycles. The quantitative estimate of drug-likeness (QED) is 0.718. The number of ketones is 1. The van der Waals surface area contributed by atoms with Crippen LogP contribution in [0.3, 0.4) is 0 Å². The van der Waals surface area contributed by atoms with Crippen molar-refractivity contribution in [2.75, 3.05) is 51.7 Å². The van der Waals surface area contributed by atoms with Crippen molar-refractivity contribution < 1.29 is 14.4 Å². The highest BCUT2D eigenvalue weighted by molar-refractivity contribution is 6.30. The summed E-state index contributed by atoms with van der Waals surface area (Å²) in [5.74, 6) is -0.350. The van der Waals surface area contributed by atoms with E-state index in [4.69, 9.17) is 11.6 Å². The second-order valence-electron chi connectivity index (χ2n) is 7.82. The summed E-state index contributed by atoms with van der Waals surface area (Å²) in [6, 6.07) is 7.71. The van der Waals surface area contributed by atoms with Crippen LogP contribution in [0.4, 0.5) is 5.69 Å². The fourth-order valence-electron chi connectivity index (χ4n) is 4.01. The fraction of sp³-hybridized carbons (Fsp3) is 0.550. The number of rotatable bonds is 6. The molecule has 2 aliphatic heterocycles. The van der Waals surface area contributed by atoms with Gasteiger partial charge in [0.05, 0.1) is 6.42 Å². The van der Waals surface area contributed by atoms with E-state index in [2.05, 4.69) is 10.2 Å². The van der Waals surface area contributed by atoms with Crippen molar-refractivity contribution in [3.8, 4) is 0 Å². The highest BCUT2D eigenvalue weighted by Gasteiger charge is 2.46. The maximum Gasteiger partial charge on any atom is 0.228 e. The number of carbonyl (C=O) groups is 3. The highest BCUT2D eigenvalue weighted by atomic mass is 35.5. The van der Waals surface area contributed by atoms with Crippen LogP contribution in [0.15, 0.2) is 24.3 Å². The van der Waals surface area contributed by atoms with E-state index in [0.29, 0.717) is 31.1 Å². The molecule has 2 fully saturated rings. The van der Waals surface area contributed by atoms with Gasteiger partial charge in [0.2, 0.25) is 11.8 Å². The molecule has 0 aliphatic carbocycles. The first-order valence-corrected chi connectivity index (χ1v) is 9.94. The minimum absolute atomic E-state index is 0.0258. The molecule has 0 spiro atoms. The molecule has 1 aromatic carbocycles. The maximum absolute atomic E-state index is 12.7. The van der Waals surface area contributed by atoms with Gasteiger partial charge in [0.25, 0.3) is 0 Å². The first-order chi connectivity index (χ1) is 13.3. The second-order valence-corrected chi connectivity index (χ2v) is 8.25. The minimum Gasteiger partial charge on any atom is -0.368 e. The van der Waals surface area contributed by atoms with E-state index in [1.807, 2.05) is 48.2 Å². The Hall–Kier alpha value is -2.12. The third-order valence-corrected chi connectivity index (χ3v) is 5.63. The Kier molecular flexibility index (Phi) is 6.25. The molecule has 0 aromatic heterocycles. The molecule has 1 N–H and O–H groups in total. The maximum atomic E-state index is 12.7. The molecule has 0 bridgehead atoms. The Morgan fingerprint density at radius 1 is 1.21 bits per heavy atom. The van der Waals surface area contributed by atoms with Gasteiger partial charge in [-0.3, -0.25) is 14.4 Å². The van der Waals surface area contributed by atoms with E-state index in [1.165, 1.54) is 0 Å². The Bertz CT molecular complexity index is 762. The molecule has 3 rings (SSSR count). The lowest BCUT2D eigenvalue weighted by molar-refractivity contribution is -0.132. The summed E-state index contributed by atoms with van der Waals surface area (Å²) in [7, 11) is 3.72. The number of amides is 2. The minimum atomic E-state index is -0.946. The van der Waals surface area contributed by atoms with Gasteiger partial charge in [-0.25, -0.2) is 0 Å². The summed E-state index contributed by atoms with van der Waals surface area (Å²) in [6.45, 7) is 3.15. The monoisotopic (exact) mass is 406 g/mol. The fourth-order valence-corrected chi connectivity index (χ4v) is 4.19. The number of halogens is 1. The number of Topliss-reactive ketones (excluding diaryl/α,β-unsaturated/α-hetero) is 1. The number of nitrogens with one attached hydrogen (secondary N) is 1. The average molecular weight is 407 g/mol. The number of piperazine rings is 1. The van der Waals surface area contributed by atoms with Gasteiger partial charge in [0.15, 0.2) is 5.78 Å². The summed E-state index contributed by atoms with van der Waals surface area (Å²) in [4.78, 5) is 42.8. The Morgan fingerprint density at radius 3 is 2.50 bits per heavy atom. The number of benzene rings is 1.